The average Bonchev–Trinajstić information content (AvgIpc) is 3.19. The van der Waals surface area contributed by atoms with Gasteiger partial charge in [0.2, 0.25) is 0 Å². The van der Waals surface area contributed by atoms with Crippen LogP contribution in [0.2, 0.25) is 0 Å². The van der Waals surface area contributed by atoms with Gasteiger partial charge in [0, 0.05) is 0 Å². The number of carbonyl (C=O) groups is 2. The van der Waals surface area contributed by atoms with E-state index in [1.54, 1.807) is 0 Å². The minimum Gasteiger partial charge on any atom is -0.481 e. The summed E-state index contributed by atoms with van der Waals surface area (Å²) in [5.41, 5.74) is 11.9. The number of aliphatic carboxylic acids is 2. The van der Waals surface area contributed by atoms with Crippen LogP contribution in [0.15, 0.2) is 0 Å². The third-order valence-electron chi connectivity index (χ3n) is 9.66. The van der Waals surface area contributed by atoms with Gasteiger partial charge in [0.25, 0.3) is 0 Å². The zero-order valence-electron chi connectivity index (χ0n) is 21.5. The molecule has 2 aliphatic carbocycles. The molecule has 2 aliphatic rings. The summed E-state index contributed by atoms with van der Waals surface area (Å²) in [6.07, 6.45) is 8.90. The molecule has 2 fully saturated rings. The molecular weight excluding hydrogens is 404 g/mol. The van der Waals surface area contributed by atoms with Gasteiger partial charge >= 0.3 is 11.9 Å². The van der Waals surface area contributed by atoms with E-state index in [1.165, 1.54) is 0 Å². The monoisotopic (exact) mass is 454 g/mol. The van der Waals surface area contributed by atoms with Crippen LogP contribution in [-0.4, -0.2) is 35.2 Å². The molecule has 6 nitrogen and oxygen atoms in total. The minimum atomic E-state index is -0.716. The van der Waals surface area contributed by atoms with Gasteiger partial charge in [0.15, 0.2) is 0 Å². The van der Waals surface area contributed by atoms with Crippen molar-refractivity contribution in [2.24, 2.45) is 45.0 Å². The van der Waals surface area contributed by atoms with Crippen molar-refractivity contribution in [2.45, 2.75) is 106 Å². The average molecular weight is 455 g/mol. The predicted octanol–water partition coefficient (Wildman–Crippen LogP) is 5.29. The quantitative estimate of drug-likeness (QED) is 0.355. The molecule has 2 saturated carbocycles. The van der Waals surface area contributed by atoms with E-state index in [9.17, 15) is 14.7 Å². The van der Waals surface area contributed by atoms with Crippen LogP contribution in [0.3, 0.4) is 0 Å². The SMILES string of the molecule is CCC1(CC)CC(CN)(CC(=O)O)CC1(CC)CC.C[C@@H]1CC(CN)(CC(=O)O)C[C@@H]1C. The molecule has 0 spiro atoms. The maximum atomic E-state index is 11.2. The van der Waals surface area contributed by atoms with E-state index in [4.69, 9.17) is 16.6 Å². The highest BCUT2D eigenvalue weighted by molar-refractivity contribution is 5.68. The Morgan fingerprint density at radius 1 is 0.719 bits per heavy atom. The molecule has 0 bridgehead atoms. The Labute approximate surface area is 195 Å². The number of carboxylic acids is 2. The molecule has 6 heteroatoms. The molecular formula is C26H50N2O4. The molecule has 0 radical (unpaired) electrons. The smallest absolute Gasteiger partial charge is 0.303 e. The lowest BCUT2D eigenvalue weighted by Crippen LogP contribution is -2.35. The summed E-state index contributed by atoms with van der Waals surface area (Å²) >= 11 is 0. The van der Waals surface area contributed by atoms with Gasteiger partial charge in [-0.15, -0.1) is 0 Å². The summed E-state index contributed by atoms with van der Waals surface area (Å²) in [4.78, 5) is 21.9. The van der Waals surface area contributed by atoms with Crippen molar-refractivity contribution >= 4 is 11.9 Å². The van der Waals surface area contributed by atoms with E-state index < -0.39 is 11.9 Å². The maximum Gasteiger partial charge on any atom is 0.303 e. The zero-order chi connectivity index (χ0) is 24.8. The molecule has 0 aliphatic heterocycles. The highest BCUT2D eigenvalue weighted by Gasteiger charge is 2.59. The summed E-state index contributed by atoms with van der Waals surface area (Å²) < 4.78 is 0. The second-order valence-electron chi connectivity index (χ2n) is 11.2. The Bertz CT molecular complexity index is 595. The van der Waals surface area contributed by atoms with Crippen molar-refractivity contribution in [3.63, 3.8) is 0 Å². The zero-order valence-corrected chi connectivity index (χ0v) is 21.5. The minimum absolute atomic E-state index is 0.120. The molecule has 2 rings (SSSR count). The van der Waals surface area contributed by atoms with Crippen molar-refractivity contribution in [3.8, 4) is 0 Å². The molecule has 0 amide bonds. The second kappa shape index (κ2) is 11.3. The van der Waals surface area contributed by atoms with Crippen molar-refractivity contribution in [1.29, 1.82) is 0 Å². The van der Waals surface area contributed by atoms with Crippen LogP contribution in [-0.2, 0) is 9.59 Å². The Kier molecular flexibility index (Phi) is 10.2. The first-order chi connectivity index (χ1) is 14.9. The predicted molar refractivity (Wildman–Crippen MR) is 130 cm³/mol. The van der Waals surface area contributed by atoms with Crippen molar-refractivity contribution in [2.75, 3.05) is 13.1 Å². The number of rotatable bonds is 10. The summed E-state index contributed by atoms with van der Waals surface area (Å²) in [6.45, 7) is 14.4. The van der Waals surface area contributed by atoms with Gasteiger partial charge in [-0.25, -0.2) is 0 Å². The number of nitrogens with two attached hydrogens (primary N) is 2. The van der Waals surface area contributed by atoms with E-state index in [2.05, 4.69) is 41.5 Å². The highest BCUT2D eigenvalue weighted by atomic mass is 16.4. The molecule has 0 saturated heterocycles. The van der Waals surface area contributed by atoms with Crippen LogP contribution in [0.25, 0.3) is 0 Å². The molecule has 0 aromatic carbocycles. The highest BCUT2D eigenvalue weighted by Crippen LogP contribution is 2.67. The van der Waals surface area contributed by atoms with Gasteiger partial charge in [-0.3, -0.25) is 9.59 Å². The van der Waals surface area contributed by atoms with E-state index in [0.29, 0.717) is 24.9 Å². The first-order valence-corrected chi connectivity index (χ1v) is 12.7. The van der Waals surface area contributed by atoms with Crippen LogP contribution < -0.4 is 11.5 Å². The maximum absolute atomic E-state index is 11.2. The van der Waals surface area contributed by atoms with Crippen LogP contribution in [0, 0.1) is 33.5 Å². The van der Waals surface area contributed by atoms with E-state index in [-0.39, 0.29) is 34.5 Å². The van der Waals surface area contributed by atoms with Crippen LogP contribution in [0.5, 0.6) is 0 Å². The summed E-state index contributed by atoms with van der Waals surface area (Å²) in [6, 6.07) is 0. The fraction of sp³-hybridized carbons (Fsp3) is 0.923. The van der Waals surface area contributed by atoms with Gasteiger partial charge in [0.05, 0.1) is 12.8 Å². The Hall–Kier alpha value is -1.14. The van der Waals surface area contributed by atoms with Crippen molar-refractivity contribution in [3.05, 3.63) is 0 Å². The largest absolute Gasteiger partial charge is 0.481 e. The molecule has 188 valence electrons. The Morgan fingerprint density at radius 2 is 1.03 bits per heavy atom. The standard InChI is InChI=1S/C16H31NO2.C10H19NO2/c1-5-15(6-2)10-14(12-17,9-13(18)19)11-16(15,7-3)8-4;1-7-3-10(6-11,4-8(7)2)5-9(12)13/h5-12,17H2,1-4H3,(H,18,19);7-8H,3-6,11H2,1-2H3,(H,12,13)/t;7-,8+,10?. The summed E-state index contributed by atoms with van der Waals surface area (Å²) in [5, 5.41) is 18.0. The first-order valence-electron chi connectivity index (χ1n) is 12.7. The Balaban J connectivity index is 0.000000343. The van der Waals surface area contributed by atoms with Crippen molar-refractivity contribution in [1.82, 2.24) is 0 Å². The first kappa shape index (κ1) is 28.9. The molecule has 1 unspecified atom stereocenters. The summed E-state index contributed by atoms with van der Waals surface area (Å²) in [5.74, 6) is -0.188. The van der Waals surface area contributed by atoms with Crippen molar-refractivity contribution < 1.29 is 19.8 Å². The molecule has 3 atom stereocenters. The van der Waals surface area contributed by atoms with E-state index in [0.717, 1.165) is 51.4 Å². The summed E-state index contributed by atoms with van der Waals surface area (Å²) in [7, 11) is 0. The number of hydrogen-bond acceptors (Lipinski definition) is 4. The van der Waals surface area contributed by atoms with Crippen LogP contribution in [0.4, 0.5) is 0 Å². The van der Waals surface area contributed by atoms with Crippen LogP contribution in [0.1, 0.15) is 106 Å². The van der Waals surface area contributed by atoms with Gasteiger partial charge < -0.3 is 21.7 Å². The lowest BCUT2D eigenvalue weighted by molar-refractivity contribution is -0.140. The molecule has 0 aromatic heterocycles. The fourth-order valence-corrected chi connectivity index (χ4v) is 7.59. The number of hydrogen-bond donors (Lipinski definition) is 4. The third kappa shape index (κ3) is 5.85. The van der Waals surface area contributed by atoms with Gasteiger partial charge in [-0.1, -0.05) is 41.5 Å². The normalized spacial score (nSPS) is 29.9. The second-order valence-corrected chi connectivity index (χ2v) is 11.2. The van der Waals surface area contributed by atoms with Gasteiger partial charge in [-0.2, -0.15) is 0 Å². The third-order valence-corrected chi connectivity index (χ3v) is 9.66. The number of carboxylic acid groups (broad SMARTS) is 2. The Morgan fingerprint density at radius 3 is 1.28 bits per heavy atom. The molecule has 0 aromatic rings. The van der Waals surface area contributed by atoms with Crippen LogP contribution >= 0.6 is 0 Å². The lowest BCUT2D eigenvalue weighted by Gasteiger charge is -2.45. The molecule has 6 N–H and O–H groups in total. The topological polar surface area (TPSA) is 127 Å². The van der Waals surface area contributed by atoms with E-state index >= 15 is 0 Å². The molecule has 32 heavy (non-hydrogen) atoms. The van der Waals surface area contributed by atoms with E-state index in [1.807, 2.05) is 0 Å². The molecule has 0 heterocycles. The van der Waals surface area contributed by atoms with Gasteiger partial charge in [-0.05, 0) is 98.0 Å². The van der Waals surface area contributed by atoms with Gasteiger partial charge in [0.1, 0.15) is 0 Å². The lowest BCUT2D eigenvalue weighted by atomic mass is 9.60. The fourth-order valence-electron chi connectivity index (χ4n) is 7.59.